The Morgan fingerprint density at radius 2 is 1.86 bits per heavy atom. The molecule has 1 aliphatic rings. The van der Waals surface area contributed by atoms with Crippen molar-refractivity contribution in [2.75, 3.05) is 13.2 Å². The quantitative estimate of drug-likeness (QED) is 0.410. The van der Waals surface area contributed by atoms with Crippen LogP contribution in [0, 0.1) is 0 Å². The Morgan fingerprint density at radius 1 is 1.18 bits per heavy atom. The van der Waals surface area contributed by atoms with Crippen LogP contribution in [0.2, 0.25) is 0 Å². The molecule has 1 fully saturated rings. The summed E-state index contributed by atoms with van der Waals surface area (Å²) >= 11 is 0. The highest BCUT2D eigenvalue weighted by molar-refractivity contribution is 5.75. The van der Waals surface area contributed by atoms with E-state index < -0.39 is 43.2 Å². The van der Waals surface area contributed by atoms with E-state index in [2.05, 4.69) is 5.32 Å². The molecule has 0 saturated carbocycles. The van der Waals surface area contributed by atoms with Crippen LogP contribution in [0.3, 0.4) is 0 Å². The lowest BCUT2D eigenvalue weighted by molar-refractivity contribution is -0.270. The molecule has 1 saturated heterocycles. The molecule has 22 heavy (non-hydrogen) atoms. The molecule has 0 aromatic heterocycles. The number of nitrogens with one attached hydrogen (secondary N) is 1. The molecule has 0 bridgehead atoms. The molecule has 4 N–H and O–H groups in total. The van der Waals surface area contributed by atoms with Gasteiger partial charge in [0.1, 0.15) is 30.1 Å². The van der Waals surface area contributed by atoms with Crippen molar-refractivity contribution in [2.24, 2.45) is 0 Å². The zero-order chi connectivity index (χ0) is 16.7. The third-order valence-electron chi connectivity index (χ3n) is 3.46. The first kappa shape index (κ1) is 19.0. The smallest absolute Gasteiger partial charge is 0.217 e. The van der Waals surface area contributed by atoms with E-state index in [0.29, 0.717) is 19.3 Å². The number of ketones is 1. The van der Waals surface area contributed by atoms with Gasteiger partial charge in [-0.15, -0.1) is 0 Å². The minimum Gasteiger partial charge on any atom is -0.394 e. The second kappa shape index (κ2) is 9.16. The zero-order valence-corrected chi connectivity index (χ0v) is 12.9. The fraction of sp³-hybridized carbons (Fsp3) is 0.857. The van der Waals surface area contributed by atoms with E-state index in [9.17, 15) is 19.8 Å². The summed E-state index contributed by atoms with van der Waals surface area (Å²) in [6.07, 6.45) is -2.84. The Morgan fingerprint density at radius 3 is 2.41 bits per heavy atom. The third-order valence-corrected chi connectivity index (χ3v) is 3.46. The molecule has 8 heteroatoms. The molecule has 0 aromatic rings. The number of rotatable bonds is 8. The van der Waals surface area contributed by atoms with Gasteiger partial charge in [0.15, 0.2) is 6.29 Å². The first-order valence-electron chi connectivity index (χ1n) is 7.37. The first-order chi connectivity index (χ1) is 10.4. The second-order valence-electron chi connectivity index (χ2n) is 5.46. The lowest BCUT2D eigenvalue weighted by Gasteiger charge is -2.42. The molecule has 5 atom stereocenters. The Hall–Kier alpha value is -1.06. The average molecular weight is 319 g/mol. The normalized spacial score (nSPS) is 31.8. The second-order valence-corrected chi connectivity index (χ2v) is 5.46. The molecule has 0 aliphatic carbocycles. The van der Waals surface area contributed by atoms with Gasteiger partial charge in [-0.2, -0.15) is 0 Å². The number of ether oxygens (including phenoxy) is 2. The highest BCUT2D eigenvalue weighted by Gasteiger charge is 2.45. The summed E-state index contributed by atoms with van der Waals surface area (Å²) in [6, 6.07) is -0.928. The van der Waals surface area contributed by atoms with Crippen LogP contribution in [-0.2, 0) is 19.1 Å². The molecule has 0 radical (unpaired) electrons. The van der Waals surface area contributed by atoms with Gasteiger partial charge in [-0.05, 0) is 19.8 Å². The van der Waals surface area contributed by atoms with Crippen molar-refractivity contribution in [1.29, 1.82) is 0 Å². The number of carbonyl (C=O) groups excluding carboxylic acids is 2. The van der Waals surface area contributed by atoms with Crippen LogP contribution in [-0.4, -0.2) is 70.9 Å². The van der Waals surface area contributed by atoms with Crippen LogP contribution in [0.1, 0.15) is 33.1 Å². The summed E-state index contributed by atoms with van der Waals surface area (Å²) in [7, 11) is 0. The van der Waals surface area contributed by atoms with E-state index in [1.165, 1.54) is 13.8 Å². The van der Waals surface area contributed by atoms with Crippen molar-refractivity contribution in [3.05, 3.63) is 0 Å². The Labute approximate surface area is 129 Å². The fourth-order valence-corrected chi connectivity index (χ4v) is 2.29. The molecule has 8 nitrogen and oxygen atoms in total. The predicted octanol–water partition coefficient (Wildman–Crippen LogP) is -1.29. The Bertz CT molecular complexity index is 376. The third kappa shape index (κ3) is 5.62. The number of hydrogen-bond donors (Lipinski definition) is 4. The Kier molecular flexibility index (Phi) is 7.91. The van der Waals surface area contributed by atoms with E-state index in [1.807, 2.05) is 0 Å². The standard InChI is InChI=1S/C14H25NO7/c1-8(17)5-3-4-6-21-14-11(15-9(2)18)13(20)12(19)10(7-16)22-14/h10-14,16,19-20H,3-7H2,1-2H3,(H,15,18). The van der Waals surface area contributed by atoms with Crippen LogP contribution in [0.25, 0.3) is 0 Å². The maximum Gasteiger partial charge on any atom is 0.217 e. The summed E-state index contributed by atoms with van der Waals surface area (Å²) in [6.45, 7) is 2.59. The van der Waals surface area contributed by atoms with Crippen molar-refractivity contribution in [2.45, 2.75) is 63.8 Å². The van der Waals surface area contributed by atoms with Gasteiger partial charge in [-0.1, -0.05) is 0 Å². The summed E-state index contributed by atoms with van der Waals surface area (Å²) in [4.78, 5) is 22.1. The maximum atomic E-state index is 11.2. The van der Waals surface area contributed by atoms with Gasteiger partial charge in [0.25, 0.3) is 0 Å². The summed E-state index contributed by atoms with van der Waals surface area (Å²) in [5.41, 5.74) is 0. The van der Waals surface area contributed by atoms with E-state index in [0.717, 1.165) is 0 Å². The van der Waals surface area contributed by atoms with E-state index in [1.54, 1.807) is 0 Å². The van der Waals surface area contributed by atoms with Gasteiger partial charge >= 0.3 is 0 Å². The van der Waals surface area contributed by atoms with Crippen LogP contribution in [0.5, 0.6) is 0 Å². The topological polar surface area (TPSA) is 125 Å². The molecule has 5 unspecified atom stereocenters. The number of carbonyl (C=O) groups is 2. The molecule has 0 spiro atoms. The molecule has 1 amide bonds. The van der Waals surface area contributed by atoms with Crippen LogP contribution in [0.15, 0.2) is 0 Å². The summed E-state index contributed by atoms with van der Waals surface area (Å²) in [5.74, 6) is -0.295. The van der Waals surface area contributed by atoms with E-state index in [-0.39, 0.29) is 12.4 Å². The van der Waals surface area contributed by atoms with Gasteiger partial charge in [0.2, 0.25) is 5.91 Å². The molecule has 0 aromatic carbocycles. The predicted molar refractivity (Wildman–Crippen MR) is 75.8 cm³/mol. The summed E-state index contributed by atoms with van der Waals surface area (Å²) < 4.78 is 10.9. The molecule has 1 aliphatic heterocycles. The van der Waals surface area contributed by atoms with Gasteiger partial charge < -0.3 is 34.9 Å². The zero-order valence-electron chi connectivity index (χ0n) is 12.9. The van der Waals surface area contributed by atoms with Gasteiger partial charge in [-0.25, -0.2) is 0 Å². The average Bonchev–Trinajstić information content (AvgIpc) is 2.45. The minimum absolute atomic E-state index is 0.101. The monoisotopic (exact) mass is 319 g/mol. The number of unbranched alkanes of at least 4 members (excludes halogenated alkanes) is 1. The molecular formula is C14H25NO7. The van der Waals surface area contributed by atoms with Gasteiger partial charge in [-0.3, -0.25) is 4.79 Å². The van der Waals surface area contributed by atoms with Crippen LogP contribution >= 0.6 is 0 Å². The van der Waals surface area contributed by atoms with E-state index in [4.69, 9.17) is 14.6 Å². The van der Waals surface area contributed by atoms with Crippen LogP contribution < -0.4 is 5.32 Å². The van der Waals surface area contributed by atoms with Gasteiger partial charge in [0.05, 0.1) is 6.61 Å². The number of aliphatic hydroxyl groups is 3. The van der Waals surface area contributed by atoms with Crippen molar-refractivity contribution in [3.63, 3.8) is 0 Å². The number of aliphatic hydroxyl groups excluding tert-OH is 3. The van der Waals surface area contributed by atoms with Crippen molar-refractivity contribution in [1.82, 2.24) is 5.32 Å². The highest BCUT2D eigenvalue weighted by Crippen LogP contribution is 2.22. The highest BCUT2D eigenvalue weighted by atomic mass is 16.7. The lowest BCUT2D eigenvalue weighted by atomic mass is 9.97. The van der Waals surface area contributed by atoms with Crippen molar-refractivity contribution < 1.29 is 34.4 Å². The number of Topliss-reactive ketones (excluding diaryl/α,β-unsaturated/α-hetero) is 1. The van der Waals surface area contributed by atoms with Gasteiger partial charge in [0, 0.05) is 20.0 Å². The van der Waals surface area contributed by atoms with Crippen LogP contribution in [0.4, 0.5) is 0 Å². The number of amides is 1. The largest absolute Gasteiger partial charge is 0.394 e. The molecule has 128 valence electrons. The van der Waals surface area contributed by atoms with Crippen molar-refractivity contribution in [3.8, 4) is 0 Å². The first-order valence-corrected chi connectivity index (χ1v) is 7.37. The minimum atomic E-state index is -1.32. The Balaban J connectivity index is 2.57. The van der Waals surface area contributed by atoms with E-state index >= 15 is 0 Å². The fourth-order valence-electron chi connectivity index (χ4n) is 2.29. The SMILES string of the molecule is CC(=O)CCCCOC1OC(CO)C(O)C(O)C1NC(C)=O. The molecule has 1 rings (SSSR count). The lowest BCUT2D eigenvalue weighted by Crippen LogP contribution is -2.64. The molecular weight excluding hydrogens is 294 g/mol. The molecule has 1 heterocycles. The maximum absolute atomic E-state index is 11.2. The summed E-state index contributed by atoms with van der Waals surface area (Å²) in [5, 5.41) is 31.5. The van der Waals surface area contributed by atoms with Crippen molar-refractivity contribution >= 4 is 11.7 Å². The number of hydrogen-bond acceptors (Lipinski definition) is 7.